The van der Waals surface area contributed by atoms with Gasteiger partial charge in [-0.3, -0.25) is 5.10 Å². The lowest BCUT2D eigenvalue weighted by atomic mass is 10.0. The van der Waals surface area contributed by atoms with Crippen LogP contribution in [0.2, 0.25) is 0 Å². The van der Waals surface area contributed by atoms with Crippen LogP contribution in [0.15, 0.2) is 71.6 Å². The summed E-state index contributed by atoms with van der Waals surface area (Å²) in [5.41, 5.74) is 2.07. The van der Waals surface area contributed by atoms with Crippen molar-refractivity contribution in [2.45, 2.75) is 4.90 Å². The molecular weight excluding hydrogens is 429 g/mol. The molecule has 9 heteroatoms. The summed E-state index contributed by atoms with van der Waals surface area (Å²) in [6.45, 7) is 0. The molecule has 5 nitrogen and oxygen atoms in total. The smallest absolute Gasteiger partial charge is 0.246 e. The van der Waals surface area contributed by atoms with Crippen molar-refractivity contribution in [2.75, 3.05) is 6.26 Å². The van der Waals surface area contributed by atoms with Crippen molar-refractivity contribution < 1.29 is 26.3 Å². The van der Waals surface area contributed by atoms with E-state index in [-0.39, 0.29) is 16.5 Å². The Hall–Kier alpha value is -3.59. The number of hydrogen-bond acceptors (Lipinski definition) is 4. The molecule has 0 unspecified atom stereocenters. The third-order valence-corrected chi connectivity index (χ3v) is 5.67. The average Bonchev–Trinajstić information content (AvgIpc) is 3.14. The minimum Gasteiger partial charge on any atom is -0.437 e. The molecule has 3 aromatic carbocycles. The number of sulfone groups is 1. The van der Waals surface area contributed by atoms with Gasteiger partial charge in [0.05, 0.1) is 16.2 Å². The van der Waals surface area contributed by atoms with Crippen LogP contribution in [0.4, 0.5) is 13.2 Å². The standard InChI is InChI=1S/C22H15F3N2O3S/c1-31(28,29)17-9-4-14(5-10-17)21-20(13-2-6-15(23)7-3-13)22(27-26-21)30-16-8-11-18(24)19(25)12-16/h2-12H,1H3,(H,26,27). The third kappa shape index (κ3) is 4.31. The quantitative estimate of drug-likeness (QED) is 0.450. The third-order valence-electron chi connectivity index (χ3n) is 4.54. The van der Waals surface area contributed by atoms with Crippen LogP contribution in [0.1, 0.15) is 0 Å². The first-order chi connectivity index (χ1) is 14.7. The molecule has 0 spiro atoms. The highest BCUT2D eigenvalue weighted by molar-refractivity contribution is 7.90. The summed E-state index contributed by atoms with van der Waals surface area (Å²) in [5.74, 6) is -2.45. The monoisotopic (exact) mass is 444 g/mol. The fourth-order valence-corrected chi connectivity index (χ4v) is 3.64. The largest absolute Gasteiger partial charge is 0.437 e. The van der Waals surface area contributed by atoms with E-state index in [1.165, 1.54) is 42.5 Å². The van der Waals surface area contributed by atoms with Gasteiger partial charge in [0.15, 0.2) is 21.5 Å². The van der Waals surface area contributed by atoms with Crippen molar-refractivity contribution in [1.29, 1.82) is 0 Å². The van der Waals surface area contributed by atoms with Gasteiger partial charge in [0.25, 0.3) is 0 Å². The number of nitrogens with one attached hydrogen (secondary N) is 1. The van der Waals surface area contributed by atoms with E-state index in [0.29, 0.717) is 22.4 Å². The number of nitrogens with zero attached hydrogens (tertiary/aromatic N) is 1. The average molecular weight is 444 g/mol. The first-order valence-corrected chi connectivity index (χ1v) is 10.9. The molecular formula is C22H15F3N2O3S. The molecule has 158 valence electrons. The Morgan fingerprint density at radius 3 is 2.10 bits per heavy atom. The van der Waals surface area contributed by atoms with Crippen LogP contribution < -0.4 is 4.74 Å². The second-order valence-corrected chi connectivity index (χ2v) is 8.78. The van der Waals surface area contributed by atoms with Gasteiger partial charge < -0.3 is 4.74 Å². The molecule has 0 fully saturated rings. The van der Waals surface area contributed by atoms with Gasteiger partial charge in [-0.2, -0.15) is 0 Å². The Morgan fingerprint density at radius 1 is 0.839 bits per heavy atom. The number of ether oxygens (including phenoxy) is 1. The van der Waals surface area contributed by atoms with E-state index in [0.717, 1.165) is 18.4 Å². The van der Waals surface area contributed by atoms with Crippen molar-refractivity contribution in [3.63, 3.8) is 0 Å². The van der Waals surface area contributed by atoms with Gasteiger partial charge >= 0.3 is 0 Å². The van der Waals surface area contributed by atoms with Gasteiger partial charge in [-0.15, -0.1) is 5.10 Å². The lowest BCUT2D eigenvalue weighted by molar-refractivity contribution is 0.448. The maximum absolute atomic E-state index is 13.6. The van der Waals surface area contributed by atoms with E-state index in [2.05, 4.69) is 10.2 Å². The fourth-order valence-electron chi connectivity index (χ4n) is 3.01. The lowest BCUT2D eigenvalue weighted by Crippen LogP contribution is -1.96. The normalized spacial score (nSPS) is 11.5. The summed E-state index contributed by atoms with van der Waals surface area (Å²) in [7, 11) is -3.37. The van der Waals surface area contributed by atoms with Crippen LogP contribution in [0.5, 0.6) is 11.6 Å². The van der Waals surface area contributed by atoms with Crippen molar-refractivity contribution >= 4 is 9.84 Å². The number of halogens is 3. The van der Waals surface area contributed by atoms with Crippen LogP contribution in [0.25, 0.3) is 22.4 Å². The Labute approximate surface area is 176 Å². The molecule has 1 heterocycles. The molecule has 1 aromatic heterocycles. The number of hydrogen-bond donors (Lipinski definition) is 1. The number of aromatic amines is 1. The Morgan fingerprint density at radius 2 is 1.48 bits per heavy atom. The van der Waals surface area contributed by atoms with Crippen LogP contribution in [0, 0.1) is 17.5 Å². The van der Waals surface area contributed by atoms with Gasteiger partial charge in [0.1, 0.15) is 11.6 Å². The van der Waals surface area contributed by atoms with Crippen LogP contribution in [-0.4, -0.2) is 24.9 Å². The zero-order chi connectivity index (χ0) is 22.2. The molecule has 0 radical (unpaired) electrons. The minimum atomic E-state index is -3.37. The van der Waals surface area contributed by atoms with Crippen LogP contribution in [0.3, 0.4) is 0 Å². The zero-order valence-electron chi connectivity index (χ0n) is 16.1. The van der Waals surface area contributed by atoms with Gasteiger partial charge in [-0.1, -0.05) is 24.3 Å². The molecule has 31 heavy (non-hydrogen) atoms. The van der Waals surface area contributed by atoms with E-state index in [9.17, 15) is 21.6 Å². The van der Waals surface area contributed by atoms with E-state index < -0.39 is 27.3 Å². The zero-order valence-corrected chi connectivity index (χ0v) is 16.9. The second kappa shape index (κ2) is 7.92. The predicted molar refractivity (Wildman–Crippen MR) is 109 cm³/mol. The molecule has 0 aliphatic rings. The Bertz CT molecular complexity index is 1350. The molecule has 0 saturated carbocycles. The summed E-state index contributed by atoms with van der Waals surface area (Å²) >= 11 is 0. The van der Waals surface area contributed by atoms with E-state index in [1.54, 1.807) is 12.1 Å². The van der Waals surface area contributed by atoms with Gasteiger partial charge in [-0.05, 0) is 42.0 Å². The number of H-pyrrole nitrogens is 1. The van der Waals surface area contributed by atoms with Crippen LogP contribution >= 0.6 is 0 Å². The Kier molecular flexibility index (Phi) is 5.28. The molecule has 0 aliphatic heterocycles. The van der Waals surface area contributed by atoms with Gasteiger partial charge in [0.2, 0.25) is 5.88 Å². The van der Waals surface area contributed by atoms with Gasteiger partial charge in [0, 0.05) is 17.9 Å². The number of benzene rings is 3. The molecule has 0 amide bonds. The first kappa shape index (κ1) is 20.7. The van der Waals surface area contributed by atoms with E-state index >= 15 is 0 Å². The van der Waals surface area contributed by atoms with Crippen molar-refractivity contribution in [2.24, 2.45) is 0 Å². The number of aromatic nitrogens is 2. The number of rotatable bonds is 5. The highest BCUT2D eigenvalue weighted by Crippen LogP contribution is 2.39. The van der Waals surface area contributed by atoms with Crippen molar-refractivity contribution in [3.05, 3.63) is 84.2 Å². The topological polar surface area (TPSA) is 72.0 Å². The second-order valence-electron chi connectivity index (χ2n) is 6.76. The summed E-state index contributed by atoms with van der Waals surface area (Å²) in [6, 6.07) is 14.7. The first-order valence-electron chi connectivity index (χ1n) is 9.00. The summed E-state index contributed by atoms with van der Waals surface area (Å²) < 4.78 is 69.4. The summed E-state index contributed by atoms with van der Waals surface area (Å²) in [5, 5.41) is 6.96. The molecule has 0 saturated heterocycles. The highest BCUT2D eigenvalue weighted by Gasteiger charge is 2.20. The highest BCUT2D eigenvalue weighted by atomic mass is 32.2. The van der Waals surface area contributed by atoms with Crippen LogP contribution in [-0.2, 0) is 9.84 Å². The lowest BCUT2D eigenvalue weighted by Gasteiger charge is -2.09. The summed E-state index contributed by atoms with van der Waals surface area (Å²) in [6.07, 6.45) is 1.11. The molecule has 0 atom stereocenters. The molecule has 0 aliphatic carbocycles. The minimum absolute atomic E-state index is 0.0211. The van der Waals surface area contributed by atoms with Crippen molar-refractivity contribution in [3.8, 4) is 34.0 Å². The maximum Gasteiger partial charge on any atom is 0.246 e. The molecule has 1 N–H and O–H groups in total. The summed E-state index contributed by atoms with van der Waals surface area (Å²) in [4.78, 5) is 0.150. The maximum atomic E-state index is 13.6. The van der Waals surface area contributed by atoms with Gasteiger partial charge in [-0.25, -0.2) is 21.6 Å². The Balaban J connectivity index is 1.82. The fraction of sp³-hybridized carbons (Fsp3) is 0.0455. The van der Waals surface area contributed by atoms with E-state index in [1.807, 2.05) is 0 Å². The molecule has 0 bridgehead atoms. The molecule has 4 rings (SSSR count). The van der Waals surface area contributed by atoms with E-state index in [4.69, 9.17) is 4.74 Å². The molecule has 4 aromatic rings. The SMILES string of the molecule is CS(=O)(=O)c1ccc(-c2[nH]nc(Oc3ccc(F)c(F)c3)c2-c2ccc(F)cc2)cc1. The van der Waals surface area contributed by atoms with Crippen molar-refractivity contribution in [1.82, 2.24) is 10.2 Å². The predicted octanol–water partition coefficient (Wildman–Crippen LogP) is 5.36.